The molecule has 1 radical (unpaired) electrons. The van der Waals surface area contributed by atoms with Gasteiger partial charge in [0.2, 0.25) is 0 Å². The van der Waals surface area contributed by atoms with Crippen LogP contribution in [-0.2, 0) is 9.47 Å². The number of ether oxygens (including phenoxy) is 2. The van der Waals surface area contributed by atoms with Gasteiger partial charge in [-0.2, -0.15) is 0 Å². The van der Waals surface area contributed by atoms with E-state index in [1.165, 1.54) is 5.01 Å². The molecule has 2 heterocycles. The predicted molar refractivity (Wildman–Crippen MR) is 166 cm³/mol. The van der Waals surface area contributed by atoms with Crippen molar-refractivity contribution in [3.8, 4) is 0 Å². The van der Waals surface area contributed by atoms with Crippen LogP contribution in [0.25, 0.3) is 0 Å². The molecule has 2 amide bonds. The SMILES string of the molecule is CC(C)(C)OC(=O)NC1CC(c2ncc(Br)s2)C1.CC(C)(C)OC(=O)NC1CC(c2nccs2)C1.[2H]CF.[B]=NS. The Morgan fingerprint density at radius 1 is 1.05 bits per heavy atom. The van der Waals surface area contributed by atoms with E-state index in [9.17, 15) is 14.0 Å². The van der Waals surface area contributed by atoms with Crippen LogP contribution in [0.3, 0.4) is 0 Å². The monoisotopic (exact) mass is 679 g/mol. The number of halogens is 2. The number of thiol groups is 1. The van der Waals surface area contributed by atoms with E-state index in [0.29, 0.717) is 11.8 Å². The number of thiazole rings is 2. The summed E-state index contributed by atoms with van der Waals surface area (Å²) in [5, 5.41) is 10.1. The third-order valence-corrected chi connectivity index (χ3v) is 7.94. The van der Waals surface area contributed by atoms with E-state index in [-0.39, 0.29) is 24.3 Å². The molecule has 0 aliphatic heterocycles. The number of alkyl halides is 1. The first-order valence-corrected chi connectivity index (χ1v) is 15.4. The van der Waals surface area contributed by atoms with Crippen molar-refractivity contribution in [2.45, 2.75) is 102 Å². The van der Waals surface area contributed by atoms with Gasteiger partial charge in [0.1, 0.15) is 11.2 Å². The number of nitrogens with zero attached hydrogens (tertiary/aromatic N) is 3. The van der Waals surface area contributed by atoms with Crippen LogP contribution >= 0.6 is 51.4 Å². The number of hydrogen-bond donors (Lipinski definition) is 3. The van der Waals surface area contributed by atoms with Gasteiger partial charge in [0.05, 0.1) is 28.5 Å². The fraction of sp³-hybridized carbons (Fsp3) is 0.680. The molecule has 2 aliphatic rings. The number of aromatic nitrogens is 2. The molecule has 9 nitrogen and oxygen atoms in total. The van der Waals surface area contributed by atoms with Gasteiger partial charge in [0.25, 0.3) is 0 Å². The number of amides is 2. The van der Waals surface area contributed by atoms with E-state index < -0.39 is 18.4 Å². The van der Waals surface area contributed by atoms with Gasteiger partial charge < -0.3 is 20.1 Å². The van der Waals surface area contributed by atoms with Crippen molar-refractivity contribution in [3.63, 3.8) is 0 Å². The summed E-state index contributed by atoms with van der Waals surface area (Å²) >= 11 is 9.95. The molecule has 0 atom stereocenters. The Morgan fingerprint density at radius 3 is 1.80 bits per heavy atom. The Morgan fingerprint density at radius 2 is 1.48 bits per heavy atom. The Bertz CT molecular complexity index is 1060. The molecular formula is C25H39BBrFN5O4S3. The molecule has 223 valence electrons. The third-order valence-electron chi connectivity index (χ3n) is 5.36. The molecule has 2 saturated carbocycles. The molecule has 4 rings (SSSR count). The van der Waals surface area contributed by atoms with Gasteiger partial charge in [-0.15, -0.1) is 22.7 Å². The molecule has 0 saturated heterocycles. The fourth-order valence-corrected chi connectivity index (χ4v) is 5.85. The third kappa shape index (κ3) is 14.4. The van der Waals surface area contributed by atoms with Crippen LogP contribution in [0, 0.1) is 0 Å². The summed E-state index contributed by atoms with van der Waals surface area (Å²) in [6.07, 6.45) is 6.83. The van der Waals surface area contributed by atoms with Crippen LogP contribution in [-0.4, -0.2) is 60.2 Å². The van der Waals surface area contributed by atoms with Gasteiger partial charge in [0.15, 0.2) is 0 Å². The van der Waals surface area contributed by atoms with E-state index in [1.807, 2.05) is 59.3 Å². The summed E-state index contributed by atoms with van der Waals surface area (Å²) < 4.78 is 29.7. The van der Waals surface area contributed by atoms with Crippen molar-refractivity contribution < 1.29 is 24.8 Å². The van der Waals surface area contributed by atoms with Crippen molar-refractivity contribution >= 4 is 71.2 Å². The van der Waals surface area contributed by atoms with E-state index in [2.05, 4.69) is 61.3 Å². The number of rotatable bonds is 4. The zero-order valence-electron chi connectivity index (χ0n) is 24.6. The van der Waals surface area contributed by atoms with Gasteiger partial charge in [0, 0.05) is 35.5 Å². The molecule has 40 heavy (non-hydrogen) atoms. The summed E-state index contributed by atoms with van der Waals surface area (Å²) in [6.45, 7) is 11.2. The summed E-state index contributed by atoms with van der Waals surface area (Å²) in [6, 6.07) is 0.450. The van der Waals surface area contributed by atoms with Crippen LogP contribution in [0.2, 0.25) is 0 Å². The standard InChI is InChI=1S/C12H17BrN2O2S.C12H18N2O2S.CH3F.BHNS/c1-12(2,3)17-11(16)15-8-4-7(5-8)10-14-6-9(13)18-10;1-12(2,3)16-11(15)14-9-6-8(7-9)10-13-4-5-17-10;1-2;1-2-3/h6-8H,4-5H2,1-3H3,(H,15,16);4-5,8-9H,6-7H2,1-3H3,(H,14,15);1H3;3H/i;;1D;. The molecule has 2 aliphatic carbocycles. The van der Waals surface area contributed by atoms with Gasteiger partial charge in [-0.25, -0.2) is 19.6 Å². The Hall–Kier alpha value is -1.58. The van der Waals surface area contributed by atoms with E-state index in [1.54, 1.807) is 22.7 Å². The maximum absolute atomic E-state index is 11.6. The molecule has 0 aromatic carbocycles. The minimum atomic E-state index is -1.00. The normalized spacial score (nSPS) is 21.4. The topological polar surface area (TPSA) is 115 Å². The average molecular weight is 681 g/mol. The van der Waals surface area contributed by atoms with Gasteiger partial charge in [-0.05, 0) is 83.2 Å². The zero-order valence-corrected chi connectivity index (χ0v) is 27.8. The molecule has 2 fully saturated rings. The van der Waals surface area contributed by atoms with Gasteiger partial charge in [-0.3, -0.25) is 4.39 Å². The Labute approximate surface area is 261 Å². The predicted octanol–water partition coefficient (Wildman–Crippen LogP) is 7.36. The minimum absolute atomic E-state index is 0.215. The second-order valence-corrected chi connectivity index (χ2v) is 14.6. The van der Waals surface area contributed by atoms with Crippen LogP contribution in [0.15, 0.2) is 25.9 Å². The van der Waals surface area contributed by atoms with Gasteiger partial charge in [-0.1, -0.05) is 0 Å². The van der Waals surface area contributed by atoms with Crippen molar-refractivity contribution in [1.29, 1.82) is 0 Å². The summed E-state index contributed by atoms with van der Waals surface area (Å²) in [4.78, 5) is 31.7. The Balaban J connectivity index is 0.000000345. The summed E-state index contributed by atoms with van der Waals surface area (Å²) in [5.41, 5.74) is -0.865. The number of nitrogens with one attached hydrogen (secondary N) is 2. The molecule has 2 aromatic rings. The van der Waals surface area contributed by atoms with Crippen LogP contribution in [0.4, 0.5) is 14.0 Å². The van der Waals surface area contributed by atoms with E-state index in [4.69, 9.17) is 10.8 Å². The van der Waals surface area contributed by atoms with Crippen molar-refractivity contribution in [2.75, 3.05) is 7.15 Å². The summed E-state index contributed by atoms with van der Waals surface area (Å²) in [7, 11) is 3.34. The fourth-order valence-electron chi connectivity index (χ4n) is 3.71. The van der Waals surface area contributed by atoms with Crippen molar-refractivity contribution in [2.24, 2.45) is 4.30 Å². The number of carbonyl (C=O) groups is 2. The first-order valence-electron chi connectivity index (χ1n) is 13.2. The number of alkyl carbamates (subject to hydrolysis) is 2. The maximum atomic E-state index is 11.6. The first-order chi connectivity index (χ1) is 19.1. The molecule has 2 N–H and O–H groups in total. The zero-order chi connectivity index (χ0) is 31.2. The molecule has 0 unspecified atom stereocenters. The van der Waals surface area contributed by atoms with E-state index >= 15 is 0 Å². The summed E-state index contributed by atoms with van der Waals surface area (Å²) in [5.74, 6) is 0.983. The Kier molecular flexibility index (Phi) is 15.1. The molecular weight excluding hydrogens is 640 g/mol. The van der Waals surface area contributed by atoms with Crippen LogP contribution in [0.1, 0.15) is 90.4 Å². The first kappa shape index (κ1) is 34.6. The van der Waals surface area contributed by atoms with Crippen LogP contribution in [0.5, 0.6) is 0 Å². The van der Waals surface area contributed by atoms with Gasteiger partial charge >= 0.3 is 36.9 Å². The molecule has 2 aromatic heterocycles. The van der Waals surface area contributed by atoms with Crippen molar-refractivity contribution in [3.05, 3.63) is 31.6 Å². The average Bonchev–Trinajstić information content (AvgIpc) is 3.44. The number of carbonyl (C=O) groups excluding carboxylic acids is 2. The second kappa shape index (κ2) is 17.4. The van der Waals surface area contributed by atoms with Crippen molar-refractivity contribution in [1.82, 2.24) is 20.6 Å². The second-order valence-electron chi connectivity index (χ2n) is 11.0. The number of hydrogen-bond acceptors (Lipinski definition) is 10. The quantitative estimate of drug-likeness (QED) is 0.230. The molecule has 0 spiro atoms. The van der Waals surface area contributed by atoms with Crippen LogP contribution < -0.4 is 10.6 Å². The van der Waals surface area contributed by atoms with E-state index in [0.717, 1.165) is 34.5 Å². The molecule has 15 heteroatoms. The molecule has 0 bridgehead atoms.